The second-order valence-electron chi connectivity index (χ2n) is 6.34. The van der Waals surface area contributed by atoms with Crippen molar-refractivity contribution in [2.45, 2.75) is 52.0 Å². The second kappa shape index (κ2) is 7.53. The summed E-state index contributed by atoms with van der Waals surface area (Å²) in [5, 5.41) is 0. The highest BCUT2D eigenvalue weighted by atomic mass is 16.2. The van der Waals surface area contributed by atoms with Gasteiger partial charge in [0.05, 0.1) is 11.7 Å². The lowest BCUT2D eigenvalue weighted by atomic mass is 9.98. The van der Waals surface area contributed by atoms with Gasteiger partial charge in [-0.05, 0) is 38.7 Å². The van der Waals surface area contributed by atoms with Gasteiger partial charge in [-0.2, -0.15) is 0 Å². The fourth-order valence-corrected chi connectivity index (χ4v) is 3.03. The molecule has 0 saturated carbocycles. The van der Waals surface area contributed by atoms with Crippen LogP contribution in [0.15, 0.2) is 6.07 Å². The van der Waals surface area contributed by atoms with E-state index in [2.05, 4.69) is 9.97 Å². The van der Waals surface area contributed by atoms with Crippen molar-refractivity contribution in [3.05, 3.63) is 23.3 Å². The van der Waals surface area contributed by atoms with Crippen LogP contribution < -0.4 is 0 Å². The minimum Gasteiger partial charge on any atom is -0.349 e. The number of nitrogens with zero attached hydrogens (tertiary/aromatic N) is 4. The molecule has 1 atom stereocenters. The molecular weight excluding hydrogens is 292 g/mol. The molecule has 1 aromatic heterocycles. The van der Waals surface area contributed by atoms with Crippen molar-refractivity contribution in [1.82, 2.24) is 19.8 Å². The van der Waals surface area contributed by atoms with Crippen LogP contribution >= 0.6 is 0 Å². The summed E-state index contributed by atoms with van der Waals surface area (Å²) in [6, 6.07) is 1.99. The first-order valence-electron chi connectivity index (χ1n) is 8.20. The molecule has 0 spiro atoms. The molecule has 0 N–H and O–H groups in total. The zero-order chi connectivity index (χ0) is 17.0. The Morgan fingerprint density at radius 3 is 2.70 bits per heavy atom. The van der Waals surface area contributed by atoms with Gasteiger partial charge in [0, 0.05) is 39.7 Å². The van der Waals surface area contributed by atoms with E-state index < -0.39 is 0 Å². The number of carbonyl (C=O) groups is 2. The monoisotopic (exact) mass is 318 g/mol. The van der Waals surface area contributed by atoms with Crippen molar-refractivity contribution in [3.63, 3.8) is 0 Å². The van der Waals surface area contributed by atoms with Gasteiger partial charge in [-0.1, -0.05) is 0 Å². The van der Waals surface area contributed by atoms with Crippen LogP contribution in [0.25, 0.3) is 0 Å². The number of hydrogen-bond acceptors (Lipinski definition) is 4. The summed E-state index contributed by atoms with van der Waals surface area (Å²) in [4.78, 5) is 36.1. The van der Waals surface area contributed by atoms with Crippen molar-refractivity contribution in [3.8, 4) is 0 Å². The third kappa shape index (κ3) is 4.50. The molecule has 1 aliphatic rings. The Kier molecular flexibility index (Phi) is 5.69. The molecule has 2 rings (SSSR count). The van der Waals surface area contributed by atoms with Crippen LogP contribution in [0.2, 0.25) is 0 Å². The normalized spacial score (nSPS) is 17.9. The third-order valence-corrected chi connectivity index (χ3v) is 4.25. The molecule has 6 nitrogen and oxygen atoms in total. The van der Waals surface area contributed by atoms with Crippen molar-refractivity contribution in [2.75, 3.05) is 20.6 Å². The van der Waals surface area contributed by atoms with Crippen LogP contribution in [0.3, 0.4) is 0 Å². The fourth-order valence-electron chi connectivity index (χ4n) is 3.03. The lowest BCUT2D eigenvalue weighted by molar-refractivity contribution is -0.132. The van der Waals surface area contributed by atoms with E-state index in [0.29, 0.717) is 18.7 Å². The van der Waals surface area contributed by atoms with Crippen LogP contribution in [0.1, 0.15) is 55.9 Å². The number of carbonyl (C=O) groups excluding carboxylic acids is 2. The minimum atomic E-state index is 0.0336. The average molecular weight is 318 g/mol. The fraction of sp³-hybridized carbons (Fsp3) is 0.647. The van der Waals surface area contributed by atoms with Gasteiger partial charge in [0.2, 0.25) is 11.8 Å². The molecule has 0 aliphatic carbocycles. The SMILES string of the molecule is CC(=O)N1CCCCC1c1cc(CCC(=O)N(C)C)nc(C)n1. The zero-order valence-electron chi connectivity index (χ0n) is 14.5. The predicted molar refractivity (Wildman–Crippen MR) is 87.8 cm³/mol. The molecule has 1 aromatic rings. The standard InChI is InChI=1S/C17H26N4O2/c1-12-18-14(8-9-17(23)20(3)4)11-15(19-12)16-7-5-6-10-21(16)13(2)22/h11,16H,5-10H2,1-4H3. The van der Waals surface area contributed by atoms with Crippen molar-refractivity contribution >= 4 is 11.8 Å². The molecule has 1 fully saturated rings. The smallest absolute Gasteiger partial charge is 0.222 e. The zero-order valence-corrected chi connectivity index (χ0v) is 14.5. The number of aromatic nitrogens is 2. The van der Waals surface area contributed by atoms with E-state index in [-0.39, 0.29) is 17.9 Å². The van der Waals surface area contributed by atoms with E-state index >= 15 is 0 Å². The Labute approximate surface area is 137 Å². The van der Waals surface area contributed by atoms with Crippen LogP contribution in [0.5, 0.6) is 0 Å². The van der Waals surface area contributed by atoms with Gasteiger partial charge in [-0.3, -0.25) is 9.59 Å². The highest BCUT2D eigenvalue weighted by Gasteiger charge is 2.27. The maximum Gasteiger partial charge on any atom is 0.222 e. The molecular formula is C17H26N4O2. The minimum absolute atomic E-state index is 0.0336. The Bertz CT molecular complexity index is 586. The van der Waals surface area contributed by atoms with Gasteiger partial charge in [0.25, 0.3) is 0 Å². The number of piperidine rings is 1. The number of hydrogen-bond donors (Lipinski definition) is 0. The van der Waals surface area contributed by atoms with Crippen LogP contribution in [-0.4, -0.2) is 52.2 Å². The summed E-state index contributed by atoms with van der Waals surface area (Å²) in [5.74, 6) is 0.880. The summed E-state index contributed by atoms with van der Waals surface area (Å²) in [6.45, 7) is 4.27. The first kappa shape index (κ1) is 17.4. The highest BCUT2D eigenvalue weighted by Crippen LogP contribution is 2.30. The molecule has 0 aromatic carbocycles. The van der Waals surface area contributed by atoms with Gasteiger partial charge in [0.1, 0.15) is 5.82 Å². The van der Waals surface area contributed by atoms with Crippen LogP contribution in [0.4, 0.5) is 0 Å². The third-order valence-electron chi connectivity index (χ3n) is 4.25. The predicted octanol–water partition coefficient (Wildman–Crippen LogP) is 1.88. The van der Waals surface area contributed by atoms with E-state index in [1.165, 1.54) is 0 Å². The number of likely N-dealkylation sites (tertiary alicyclic amines) is 1. The Balaban J connectivity index is 2.18. The first-order chi connectivity index (χ1) is 10.9. The first-order valence-corrected chi connectivity index (χ1v) is 8.20. The lowest BCUT2D eigenvalue weighted by Crippen LogP contribution is -2.37. The molecule has 0 radical (unpaired) electrons. The molecule has 23 heavy (non-hydrogen) atoms. The van der Waals surface area contributed by atoms with Gasteiger partial charge >= 0.3 is 0 Å². The molecule has 1 saturated heterocycles. The molecule has 1 unspecified atom stereocenters. The quantitative estimate of drug-likeness (QED) is 0.850. The van der Waals surface area contributed by atoms with Crippen LogP contribution in [0, 0.1) is 6.92 Å². The van der Waals surface area contributed by atoms with E-state index in [9.17, 15) is 9.59 Å². The second-order valence-corrected chi connectivity index (χ2v) is 6.34. The van der Waals surface area contributed by atoms with Gasteiger partial charge in [-0.15, -0.1) is 0 Å². The van der Waals surface area contributed by atoms with E-state index in [1.54, 1.807) is 25.9 Å². The Hall–Kier alpha value is -1.98. The van der Waals surface area contributed by atoms with E-state index in [4.69, 9.17) is 0 Å². The largest absolute Gasteiger partial charge is 0.349 e. The van der Waals surface area contributed by atoms with Crippen molar-refractivity contribution in [1.29, 1.82) is 0 Å². The Morgan fingerprint density at radius 2 is 2.04 bits per heavy atom. The summed E-state index contributed by atoms with van der Waals surface area (Å²) >= 11 is 0. The molecule has 6 heteroatoms. The summed E-state index contributed by atoms with van der Waals surface area (Å²) < 4.78 is 0. The summed E-state index contributed by atoms with van der Waals surface area (Å²) in [7, 11) is 3.51. The number of amides is 2. The molecule has 2 amide bonds. The van der Waals surface area contributed by atoms with Crippen molar-refractivity contribution < 1.29 is 9.59 Å². The van der Waals surface area contributed by atoms with E-state index in [1.807, 2.05) is 17.9 Å². The van der Waals surface area contributed by atoms with Gasteiger partial charge < -0.3 is 9.80 Å². The van der Waals surface area contributed by atoms with Gasteiger partial charge in [-0.25, -0.2) is 9.97 Å². The maximum atomic E-state index is 11.9. The van der Waals surface area contributed by atoms with Gasteiger partial charge in [0.15, 0.2) is 0 Å². The number of rotatable bonds is 4. The summed E-state index contributed by atoms with van der Waals surface area (Å²) in [6.07, 6.45) is 4.12. The molecule has 1 aliphatic heterocycles. The molecule has 2 heterocycles. The lowest BCUT2D eigenvalue weighted by Gasteiger charge is -2.34. The average Bonchev–Trinajstić information content (AvgIpc) is 2.51. The van der Waals surface area contributed by atoms with E-state index in [0.717, 1.165) is 37.2 Å². The molecule has 126 valence electrons. The maximum absolute atomic E-state index is 11.9. The number of aryl methyl sites for hydroxylation is 2. The Morgan fingerprint density at radius 1 is 1.30 bits per heavy atom. The van der Waals surface area contributed by atoms with Crippen molar-refractivity contribution in [2.24, 2.45) is 0 Å². The summed E-state index contributed by atoms with van der Waals surface area (Å²) in [5.41, 5.74) is 1.77. The highest BCUT2D eigenvalue weighted by molar-refractivity contribution is 5.75. The van der Waals surface area contributed by atoms with Crippen LogP contribution in [-0.2, 0) is 16.0 Å². The topological polar surface area (TPSA) is 66.4 Å². The molecule has 0 bridgehead atoms.